The van der Waals surface area contributed by atoms with Crippen LogP contribution in [0.25, 0.3) is 0 Å². The molecule has 0 amide bonds. The number of rotatable bonds is 7. The molecule has 0 radical (unpaired) electrons. The molecule has 2 heteroatoms. The van der Waals surface area contributed by atoms with Crippen LogP contribution in [-0.2, 0) is 4.74 Å². The van der Waals surface area contributed by atoms with Gasteiger partial charge in [-0.05, 0) is 50.5 Å². The fourth-order valence-corrected chi connectivity index (χ4v) is 4.00. The highest BCUT2D eigenvalue weighted by molar-refractivity contribution is 4.86. The predicted molar refractivity (Wildman–Crippen MR) is 81.4 cm³/mol. The van der Waals surface area contributed by atoms with Gasteiger partial charge in [-0.1, -0.05) is 39.5 Å². The van der Waals surface area contributed by atoms with E-state index in [1.165, 1.54) is 57.8 Å². The standard InChI is InChI=1S/C17H33NO/c1-3-7-14-10-11-16(18-4-2)17(12-14)19-13-15-8-5-6-9-15/h14-18H,3-13H2,1-2H3. The van der Waals surface area contributed by atoms with E-state index in [2.05, 4.69) is 19.2 Å². The second-order valence-corrected chi connectivity index (χ2v) is 6.65. The smallest absolute Gasteiger partial charge is 0.0730 e. The average molecular weight is 267 g/mol. The monoisotopic (exact) mass is 267 g/mol. The molecule has 112 valence electrons. The molecule has 2 rings (SSSR count). The molecule has 2 saturated carbocycles. The summed E-state index contributed by atoms with van der Waals surface area (Å²) in [6.45, 7) is 6.62. The van der Waals surface area contributed by atoms with Crippen molar-refractivity contribution in [1.82, 2.24) is 5.32 Å². The van der Waals surface area contributed by atoms with Crippen LogP contribution in [0.2, 0.25) is 0 Å². The summed E-state index contributed by atoms with van der Waals surface area (Å²) in [7, 11) is 0. The van der Waals surface area contributed by atoms with Gasteiger partial charge in [0.1, 0.15) is 0 Å². The molecule has 2 aliphatic rings. The van der Waals surface area contributed by atoms with Gasteiger partial charge in [-0.25, -0.2) is 0 Å². The summed E-state index contributed by atoms with van der Waals surface area (Å²) < 4.78 is 6.35. The zero-order valence-electron chi connectivity index (χ0n) is 13.0. The minimum absolute atomic E-state index is 0.478. The van der Waals surface area contributed by atoms with Crippen molar-refractivity contribution in [2.75, 3.05) is 13.2 Å². The molecule has 0 heterocycles. The largest absolute Gasteiger partial charge is 0.376 e. The van der Waals surface area contributed by atoms with Crippen molar-refractivity contribution in [2.45, 2.75) is 83.8 Å². The third-order valence-electron chi connectivity index (χ3n) is 5.08. The molecule has 0 aromatic carbocycles. The van der Waals surface area contributed by atoms with Crippen molar-refractivity contribution in [1.29, 1.82) is 0 Å². The van der Waals surface area contributed by atoms with Gasteiger partial charge in [0.2, 0.25) is 0 Å². The van der Waals surface area contributed by atoms with E-state index >= 15 is 0 Å². The zero-order chi connectivity index (χ0) is 13.5. The quantitative estimate of drug-likeness (QED) is 0.748. The molecule has 2 fully saturated rings. The lowest BCUT2D eigenvalue weighted by molar-refractivity contribution is -0.0254. The van der Waals surface area contributed by atoms with Crippen LogP contribution in [-0.4, -0.2) is 25.3 Å². The van der Waals surface area contributed by atoms with E-state index in [4.69, 9.17) is 4.74 Å². The van der Waals surface area contributed by atoms with Gasteiger partial charge in [-0.15, -0.1) is 0 Å². The van der Waals surface area contributed by atoms with Crippen molar-refractivity contribution in [3.05, 3.63) is 0 Å². The minimum Gasteiger partial charge on any atom is -0.376 e. The first kappa shape index (κ1) is 15.3. The molecular weight excluding hydrogens is 234 g/mol. The molecule has 0 aromatic rings. The molecule has 3 unspecified atom stereocenters. The number of likely N-dealkylation sites (N-methyl/N-ethyl adjacent to an activating group) is 1. The van der Waals surface area contributed by atoms with Crippen LogP contribution in [0.5, 0.6) is 0 Å². The summed E-state index contributed by atoms with van der Waals surface area (Å²) in [6, 6.07) is 0.611. The molecule has 1 N–H and O–H groups in total. The lowest BCUT2D eigenvalue weighted by atomic mass is 9.81. The topological polar surface area (TPSA) is 21.3 Å². The summed E-state index contributed by atoms with van der Waals surface area (Å²) in [5.41, 5.74) is 0. The fourth-order valence-electron chi connectivity index (χ4n) is 4.00. The Labute approximate surface area is 119 Å². The molecular formula is C17H33NO. The summed E-state index contributed by atoms with van der Waals surface area (Å²) in [6.07, 6.45) is 12.8. The van der Waals surface area contributed by atoms with Gasteiger partial charge in [0, 0.05) is 12.6 Å². The first-order valence-electron chi connectivity index (χ1n) is 8.68. The van der Waals surface area contributed by atoms with E-state index in [1.807, 2.05) is 0 Å². The first-order chi connectivity index (χ1) is 9.33. The highest BCUT2D eigenvalue weighted by atomic mass is 16.5. The highest BCUT2D eigenvalue weighted by Crippen LogP contribution is 2.32. The van der Waals surface area contributed by atoms with E-state index in [0.29, 0.717) is 12.1 Å². The summed E-state index contributed by atoms with van der Waals surface area (Å²) in [5, 5.41) is 3.65. The van der Waals surface area contributed by atoms with Crippen molar-refractivity contribution >= 4 is 0 Å². The second kappa shape index (κ2) is 8.26. The Kier molecular flexibility index (Phi) is 6.66. The van der Waals surface area contributed by atoms with Crippen molar-refractivity contribution in [2.24, 2.45) is 11.8 Å². The maximum atomic E-state index is 6.35. The van der Waals surface area contributed by atoms with E-state index in [0.717, 1.165) is 25.0 Å². The first-order valence-corrected chi connectivity index (χ1v) is 8.68. The van der Waals surface area contributed by atoms with Crippen molar-refractivity contribution in [3.8, 4) is 0 Å². The molecule has 3 atom stereocenters. The fraction of sp³-hybridized carbons (Fsp3) is 1.00. The van der Waals surface area contributed by atoms with Crippen LogP contribution >= 0.6 is 0 Å². The second-order valence-electron chi connectivity index (χ2n) is 6.65. The normalized spacial score (nSPS) is 32.8. The van der Waals surface area contributed by atoms with E-state index in [1.54, 1.807) is 0 Å². The van der Waals surface area contributed by atoms with Crippen molar-refractivity contribution in [3.63, 3.8) is 0 Å². The number of ether oxygens (including phenoxy) is 1. The number of hydrogen-bond acceptors (Lipinski definition) is 2. The molecule has 0 spiro atoms. The Hall–Kier alpha value is -0.0800. The van der Waals surface area contributed by atoms with Gasteiger partial charge in [-0.2, -0.15) is 0 Å². The lowest BCUT2D eigenvalue weighted by Gasteiger charge is -2.37. The molecule has 0 aromatic heterocycles. The van der Waals surface area contributed by atoms with Gasteiger partial charge < -0.3 is 10.1 Å². The van der Waals surface area contributed by atoms with Gasteiger partial charge in [0.05, 0.1) is 6.10 Å². The van der Waals surface area contributed by atoms with Crippen molar-refractivity contribution < 1.29 is 4.74 Å². The maximum Gasteiger partial charge on any atom is 0.0730 e. The van der Waals surface area contributed by atoms with Gasteiger partial charge >= 0.3 is 0 Å². The van der Waals surface area contributed by atoms with E-state index < -0.39 is 0 Å². The highest BCUT2D eigenvalue weighted by Gasteiger charge is 2.31. The van der Waals surface area contributed by atoms with E-state index in [-0.39, 0.29) is 0 Å². The average Bonchev–Trinajstić information content (AvgIpc) is 2.92. The summed E-state index contributed by atoms with van der Waals surface area (Å²) >= 11 is 0. The Morgan fingerprint density at radius 2 is 1.79 bits per heavy atom. The third-order valence-corrected chi connectivity index (χ3v) is 5.08. The SMILES string of the molecule is CCCC1CCC(NCC)C(OCC2CCCC2)C1. The Bertz CT molecular complexity index is 237. The zero-order valence-corrected chi connectivity index (χ0v) is 13.0. The molecule has 0 bridgehead atoms. The lowest BCUT2D eigenvalue weighted by Crippen LogP contribution is -2.46. The molecule has 19 heavy (non-hydrogen) atoms. The van der Waals surface area contributed by atoms with Crippen LogP contribution in [0, 0.1) is 11.8 Å². The van der Waals surface area contributed by atoms with Crippen LogP contribution < -0.4 is 5.32 Å². The Balaban J connectivity index is 1.79. The maximum absolute atomic E-state index is 6.35. The summed E-state index contributed by atoms with van der Waals surface area (Å²) in [5.74, 6) is 1.77. The van der Waals surface area contributed by atoms with Gasteiger partial charge in [-0.3, -0.25) is 0 Å². The Morgan fingerprint density at radius 1 is 1.00 bits per heavy atom. The third kappa shape index (κ3) is 4.75. The Morgan fingerprint density at radius 3 is 2.47 bits per heavy atom. The van der Waals surface area contributed by atoms with Gasteiger partial charge in [0.15, 0.2) is 0 Å². The van der Waals surface area contributed by atoms with Crippen LogP contribution in [0.15, 0.2) is 0 Å². The molecule has 2 aliphatic carbocycles. The summed E-state index contributed by atoms with van der Waals surface area (Å²) in [4.78, 5) is 0. The number of hydrogen-bond donors (Lipinski definition) is 1. The number of nitrogens with one attached hydrogen (secondary N) is 1. The van der Waals surface area contributed by atoms with E-state index in [9.17, 15) is 0 Å². The van der Waals surface area contributed by atoms with Crippen LogP contribution in [0.1, 0.15) is 71.6 Å². The molecule has 0 saturated heterocycles. The van der Waals surface area contributed by atoms with Gasteiger partial charge in [0.25, 0.3) is 0 Å². The van der Waals surface area contributed by atoms with Crippen LogP contribution in [0.3, 0.4) is 0 Å². The molecule has 2 nitrogen and oxygen atoms in total. The van der Waals surface area contributed by atoms with Crippen LogP contribution in [0.4, 0.5) is 0 Å². The predicted octanol–water partition coefficient (Wildman–Crippen LogP) is 4.14. The molecule has 0 aliphatic heterocycles. The minimum atomic E-state index is 0.478.